The van der Waals surface area contributed by atoms with Crippen molar-refractivity contribution in [2.45, 2.75) is 39.7 Å². The zero-order valence-electron chi connectivity index (χ0n) is 11.8. The lowest BCUT2D eigenvalue weighted by atomic mass is 10.0. The lowest BCUT2D eigenvalue weighted by Crippen LogP contribution is -2.13. The Labute approximate surface area is 114 Å². The lowest BCUT2D eigenvalue weighted by molar-refractivity contribution is 0.333. The van der Waals surface area contributed by atoms with Gasteiger partial charge in [-0.25, -0.2) is 0 Å². The van der Waals surface area contributed by atoms with Crippen LogP contribution in [0.4, 0.5) is 0 Å². The molecule has 0 saturated heterocycles. The molecule has 0 unspecified atom stereocenters. The molecule has 2 rings (SSSR count). The van der Waals surface area contributed by atoms with Crippen molar-refractivity contribution in [1.82, 2.24) is 10.1 Å². The molecular weight excluding hydrogens is 238 g/mol. The van der Waals surface area contributed by atoms with Gasteiger partial charge in [-0.2, -0.15) is 4.98 Å². The Hall–Kier alpha value is -1.68. The van der Waals surface area contributed by atoms with Crippen molar-refractivity contribution in [3.63, 3.8) is 0 Å². The van der Waals surface area contributed by atoms with E-state index < -0.39 is 0 Å². The summed E-state index contributed by atoms with van der Waals surface area (Å²) in [5.41, 5.74) is 8.49. The molecule has 2 N–H and O–H groups in total. The second-order valence-electron chi connectivity index (χ2n) is 5.39. The molecule has 0 amide bonds. The SMILES string of the molecule is Cc1ccccc1Cc1noc([C@H](N)CC(C)C)n1. The Morgan fingerprint density at radius 3 is 2.68 bits per heavy atom. The van der Waals surface area contributed by atoms with E-state index in [9.17, 15) is 0 Å². The van der Waals surface area contributed by atoms with E-state index in [1.165, 1.54) is 11.1 Å². The van der Waals surface area contributed by atoms with Crippen LogP contribution in [0.5, 0.6) is 0 Å². The molecule has 0 aliphatic carbocycles. The highest BCUT2D eigenvalue weighted by molar-refractivity contribution is 5.28. The molecule has 0 radical (unpaired) electrons. The molecule has 1 aromatic heterocycles. The van der Waals surface area contributed by atoms with Crippen LogP contribution in [0.15, 0.2) is 28.8 Å². The first-order valence-corrected chi connectivity index (χ1v) is 6.69. The van der Waals surface area contributed by atoms with Crippen LogP contribution in [0.1, 0.15) is 49.2 Å². The van der Waals surface area contributed by atoms with Gasteiger partial charge in [0.1, 0.15) is 0 Å². The molecule has 19 heavy (non-hydrogen) atoms. The molecular formula is C15H21N3O. The molecule has 1 aromatic carbocycles. The minimum absolute atomic E-state index is 0.168. The molecule has 102 valence electrons. The molecule has 1 heterocycles. The number of rotatable bonds is 5. The van der Waals surface area contributed by atoms with Gasteiger partial charge in [-0.3, -0.25) is 0 Å². The Bertz CT molecular complexity index is 534. The van der Waals surface area contributed by atoms with E-state index >= 15 is 0 Å². The third-order valence-electron chi connectivity index (χ3n) is 3.14. The van der Waals surface area contributed by atoms with Gasteiger partial charge in [0.05, 0.1) is 6.04 Å². The van der Waals surface area contributed by atoms with Crippen LogP contribution < -0.4 is 5.73 Å². The number of aromatic nitrogens is 2. The maximum absolute atomic E-state index is 6.04. The number of hydrogen-bond acceptors (Lipinski definition) is 4. The molecule has 4 nitrogen and oxygen atoms in total. The molecule has 0 saturated carbocycles. The van der Waals surface area contributed by atoms with Crippen LogP contribution >= 0.6 is 0 Å². The summed E-state index contributed by atoms with van der Waals surface area (Å²) in [6, 6.07) is 8.05. The molecule has 1 atom stereocenters. The van der Waals surface area contributed by atoms with Crippen molar-refractivity contribution in [2.75, 3.05) is 0 Å². The average molecular weight is 259 g/mol. The van der Waals surface area contributed by atoms with Gasteiger partial charge in [0.15, 0.2) is 5.82 Å². The van der Waals surface area contributed by atoms with Crippen LogP contribution in [-0.4, -0.2) is 10.1 Å². The molecule has 0 spiro atoms. The summed E-state index contributed by atoms with van der Waals surface area (Å²) >= 11 is 0. The van der Waals surface area contributed by atoms with E-state index in [0.29, 0.717) is 24.1 Å². The Balaban J connectivity index is 2.07. The van der Waals surface area contributed by atoms with Crippen LogP contribution in [0.2, 0.25) is 0 Å². The number of benzene rings is 1. The first kappa shape index (κ1) is 13.7. The van der Waals surface area contributed by atoms with Crippen molar-refractivity contribution in [2.24, 2.45) is 11.7 Å². The fraction of sp³-hybridized carbons (Fsp3) is 0.467. The van der Waals surface area contributed by atoms with Gasteiger partial charge in [0, 0.05) is 6.42 Å². The molecule has 0 fully saturated rings. The minimum Gasteiger partial charge on any atom is -0.338 e. The van der Waals surface area contributed by atoms with E-state index in [-0.39, 0.29) is 6.04 Å². The Morgan fingerprint density at radius 1 is 1.26 bits per heavy atom. The van der Waals surface area contributed by atoms with Crippen LogP contribution in [0, 0.1) is 12.8 Å². The van der Waals surface area contributed by atoms with Gasteiger partial charge in [0.25, 0.3) is 0 Å². The van der Waals surface area contributed by atoms with Crippen LogP contribution in [0.25, 0.3) is 0 Å². The zero-order valence-corrected chi connectivity index (χ0v) is 11.8. The summed E-state index contributed by atoms with van der Waals surface area (Å²) in [5.74, 6) is 1.75. The maximum atomic E-state index is 6.04. The summed E-state index contributed by atoms with van der Waals surface area (Å²) in [6.07, 6.45) is 1.54. The van der Waals surface area contributed by atoms with Gasteiger partial charge in [-0.05, 0) is 30.4 Å². The summed E-state index contributed by atoms with van der Waals surface area (Å²) in [6.45, 7) is 6.34. The van der Waals surface area contributed by atoms with Crippen molar-refractivity contribution >= 4 is 0 Å². The topological polar surface area (TPSA) is 64.9 Å². The van der Waals surface area contributed by atoms with Crippen LogP contribution in [-0.2, 0) is 6.42 Å². The largest absolute Gasteiger partial charge is 0.338 e. The average Bonchev–Trinajstić information content (AvgIpc) is 2.80. The highest BCUT2D eigenvalue weighted by Gasteiger charge is 2.16. The number of nitrogens with two attached hydrogens (primary N) is 1. The fourth-order valence-electron chi connectivity index (χ4n) is 2.08. The second kappa shape index (κ2) is 5.97. The predicted molar refractivity (Wildman–Crippen MR) is 74.7 cm³/mol. The van der Waals surface area contributed by atoms with E-state index in [4.69, 9.17) is 10.3 Å². The van der Waals surface area contributed by atoms with Crippen molar-refractivity contribution in [1.29, 1.82) is 0 Å². The van der Waals surface area contributed by atoms with E-state index in [0.717, 1.165) is 6.42 Å². The highest BCUT2D eigenvalue weighted by atomic mass is 16.5. The van der Waals surface area contributed by atoms with Crippen LogP contribution in [0.3, 0.4) is 0 Å². The third-order valence-corrected chi connectivity index (χ3v) is 3.14. The fourth-order valence-corrected chi connectivity index (χ4v) is 2.08. The minimum atomic E-state index is -0.168. The van der Waals surface area contributed by atoms with E-state index in [1.807, 2.05) is 12.1 Å². The standard InChI is InChI=1S/C15H21N3O/c1-10(2)8-13(16)15-17-14(18-19-15)9-12-7-5-4-6-11(12)3/h4-7,10,13H,8-9,16H2,1-3H3/t13-/m1/s1. The third kappa shape index (κ3) is 3.64. The first-order valence-electron chi connectivity index (χ1n) is 6.69. The predicted octanol–water partition coefficient (Wildman–Crippen LogP) is 3.01. The zero-order chi connectivity index (χ0) is 13.8. The van der Waals surface area contributed by atoms with Gasteiger partial charge in [-0.1, -0.05) is 43.3 Å². The smallest absolute Gasteiger partial charge is 0.243 e. The second-order valence-corrected chi connectivity index (χ2v) is 5.39. The van der Waals surface area contributed by atoms with Gasteiger partial charge in [0.2, 0.25) is 5.89 Å². The lowest BCUT2D eigenvalue weighted by Gasteiger charge is -2.08. The van der Waals surface area contributed by atoms with Gasteiger partial charge in [-0.15, -0.1) is 0 Å². The van der Waals surface area contributed by atoms with E-state index in [2.05, 4.69) is 43.0 Å². The Morgan fingerprint density at radius 2 is 2.00 bits per heavy atom. The highest BCUT2D eigenvalue weighted by Crippen LogP contribution is 2.18. The number of aryl methyl sites for hydroxylation is 1. The Kier molecular flexibility index (Phi) is 4.32. The summed E-state index contributed by atoms with van der Waals surface area (Å²) in [7, 11) is 0. The van der Waals surface area contributed by atoms with Crippen molar-refractivity contribution in [3.8, 4) is 0 Å². The number of nitrogens with zero attached hydrogens (tertiary/aromatic N) is 2. The van der Waals surface area contributed by atoms with Crippen molar-refractivity contribution in [3.05, 3.63) is 47.1 Å². The van der Waals surface area contributed by atoms with E-state index in [1.54, 1.807) is 0 Å². The number of hydrogen-bond donors (Lipinski definition) is 1. The van der Waals surface area contributed by atoms with Gasteiger partial charge >= 0.3 is 0 Å². The summed E-state index contributed by atoms with van der Waals surface area (Å²) in [4.78, 5) is 4.40. The molecule has 2 aromatic rings. The summed E-state index contributed by atoms with van der Waals surface area (Å²) < 4.78 is 5.25. The molecule has 0 aliphatic heterocycles. The van der Waals surface area contributed by atoms with Crippen molar-refractivity contribution < 1.29 is 4.52 Å². The first-order chi connectivity index (χ1) is 9.06. The summed E-state index contributed by atoms with van der Waals surface area (Å²) in [5, 5.41) is 4.01. The quantitative estimate of drug-likeness (QED) is 0.896. The molecule has 0 bridgehead atoms. The maximum Gasteiger partial charge on any atom is 0.243 e. The monoisotopic (exact) mass is 259 g/mol. The normalized spacial score (nSPS) is 12.9. The molecule has 4 heteroatoms. The van der Waals surface area contributed by atoms with Gasteiger partial charge < -0.3 is 10.3 Å². The molecule has 0 aliphatic rings.